The van der Waals surface area contributed by atoms with Crippen LogP contribution in [0.25, 0.3) is 33.6 Å². The highest BCUT2D eigenvalue weighted by Crippen LogP contribution is 2.36. The molecule has 0 bridgehead atoms. The average molecular weight is 627 g/mol. The van der Waals surface area contributed by atoms with Gasteiger partial charge in [-0.25, -0.2) is 0 Å². The van der Waals surface area contributed by atoms with Crippen LogP contribution in [0.3, 0.4) is 0 Å². The summed E-state index contributed by atoms with van der Waals surface area (Å²) >= 11 is 0. The maximum atomic E-state index is 17.1. The molecule has 0 aliphatic carbocycles. The summed E-state index contributed by atoms with van der Waals surface area (Å²) in [5, 5.41) is 0. The van der Waals surface area contributed by atoms with Gasteiger partial charge >= 0.3 is 6.05 Å². The summed E-state index contributed by atoms with van der Waals surface area (Å²) in [6.07, 6.45) is 0.588. The third-order valence-electron chi connectivity index (χ3n) is 8.31. The van der Waals surface area contributed by atoms with E-state index >= 15 is 8.78 Å². The normalized spacial score (nSPS) is 12.4. The second-order valence-corrected chi connectivity index (χ2v) is 12.8. The van der Waals surface area contributed by atoms with E-state index in [0.29, 0.717) is 28.3 Å². The van der Waals surface area contributed by atoms with Crippen molar-refractivity contribution in [1.82, 2.24) is 0 Å². The van der Waals surface area contributed by atoms with Crippen LogP contribution in [-0.2, 0) is 6.05 Å². The molecule has 0 saturated carbocycles. The van der Waals surface area contributed by atoms with Crippen molar-refractivity contribution in [1.29, 1.82) is 0 Å². The van der Waals surface area contributed by atoms with Gasteiger partial charge in [-0.3, -0.25) is 0 Å². The number of alkyl halides is 2. The number of ether oxygens (including phenoxy) is 1. The van der Waals surface area contributed by atoms with E-state index in [1.165, 1.54) is 16.7 Å². The highest BCUT2D eigenvalue weighted by Gasteiger charge is 2.48. The Morgan fingerprint density at radius 3 is 1.49 bits per heavy atom. The fourth-order valence-electron chi connectivity index (χ4n) is 5.83. The van der Waals surface area contributed by atoms with Gasteiger partial charge in [0.25, 0.3) is 0 Å². The molecule has 0 aliphatic rings. The van der Waals surface area contributed by atoms with Crippen molar-refractivity contribution in [3.05, 3.63) is 169 Å². The number of aromatic nitrogens is 1. The third-order valence-corrected chi connectivity index (χ3v) is 8.31. The van der Waals surface area contributed by atoms with E-state index in [1.54, 1.807) is 12.1 Å². The number of rotatable bonds is 11. The first kappa shape index (κ1) is 31.8. The molecule has 0 saturated heterocycles. The van der Waals surface area contributed by atoms with Crippen LogP contribution in [0.15, 0.2) is 158 Å². The van der Waals surface area contributed by atoms with Crippen LogP contribution >= 0.6 is 0 Å². The Labute approximate surface area is 276 Å². The summed E-state index contributed by atoms with van der Waals surface area (Å²) in [7, 11) is 6.45. The van der Waals surface area contributed by atoms with Gasteiger partial charge in [-0.2, -0.15) is 0 Å². The molecule has 0 aliphatic heterocycles. The Kier molecular flexibility index (Phi) is 9.28. The summed E-state index contributed by atoms with van der Waals surface area (Å²) < 4.78 is 42.7. The van der Waals surface area contributed by atoms with Crippen molar-refractivity contribution >= 4 is 0 Å². The van der Waals surface area contributed by atoms with Crippen molar-refractivity contribution in [2.75, 3.05) is 27.7 Å². The Hall–Kier alpha value is -5.13. The van der Waals surface area contributed by atoms with Crippen LogP contribution in [-0.4, -0.2) is 32.2 Å². The van der Waals surface area contributed by atoms with Crippen LogP contribution in [0.4, 0.5) is 8.78 Å². The number of nitrogens with zero attached hydrogens (tertiary/aromatic N) is 2. The number of pyridine rings is 1. The number of halogens is 2. The Bertz CT molecular complexity index is 1830. The maximum absolute atomic E-state index is 17.1. The quantitative estimate of drug-likeness (QED) is 0.103. The van der Waals surface area contributed by atoms with Crippen LogP contribution < -0.4 is 9.30 Å². The lowest BCUT2D eigenvalue weighted by molar-refractivity contribution is -0.870. The molecule has 6 rings (SSSR count). The standard InChI is InChI=1S/C42H40F2N2O/c1-46(2,3)29-28-41(35-22-14-7-15-23-35)47-38-26-24-37(25-27-38)42(43,44)45-39(33-18-10-5-11-19-33)30-36(32-16-8-4-9-17-32)31-40(45)34-20-12-6-13-21-34/h4-27,30-31,41H,28-29H2,1-3H3/q+2. The third kappa shape index (κ3) is 7.48. The van der Waals surface area contributed by atoms with Gasteiger partial charge in [-0.1, -0.05) is 97.1 Å². The molecule has 1 aromatic heterocycles. The van der Waals surface area contributed by atoms with Crippen molar-refractivity contribution in [2.45, 2.75) is 18.6 Å². The number of hydrogen-bond donors (Lipinski definition) is 0. The van der Waals surface area contributed by atoms with E-state index in [4.69, 9.17) is 4.74 Å². The van der Waals surface area contributed by atoms with Gasteiger partial charge in [0.05, 0.1) is 33.3 Å². The molecular weight excluding hydrogens is 586 g/mol. The summed E-state index contributed by atoms with van der Waals surface area (Å²) in [5.74, 6) is 0.552. The average Bonchev–Trinajstić information content (AvgIpc) is 3.11. The van der Waals surface area contributed by atoms with Crippen molar-refractivity contribution in [3.63, 3.8) is 0 Å². The van der Waals surface area contributed by atoms with Crippen LogP contribution in [0, 0.1) is 0 Å². The van der Waals surface area contributed by atoms with Gasteiger partial charge in [0.15, 0.2) is 0 Å². The highest BCUT2D eigenvalue weighted by molar-refractivity contribution is 5.73. The van der Waals surface area contributed by atoms with Crippen LogP contribution in [0.1, 0.15) is 23.7 Å². The SMILES string of the molecule is C[N+](C)(C)CCC(Oc1ccc(C(F)(F)[n+]2c(-c3ccccc3)cc(-c3ccccc3)cc2-c2ccccc2)cc1)c1ccccc1. The van der Waals surface area contributed by atoms with E-state index in [-0.39, 0.29) is 11.7 Å². The Balaban J connectivity index is 1.44. The minimum absolute atomic E-state index is 0.126. The summed E-state index contributed by atoms with van der Waals surface area (Å²) in [4.78, 5) is 0. The molecule has 0 N–H and O–H groups in total. The minimum Gasteiger partial charge on any atom is -0.486 e. The predicted molar refractivity (Wildman–Crippen MR) is 186 cm³/mol. The Morgan fingerprint density at radius 1 is 0.574 bits per heavy atom. The van der Waals surface area contributed by atoms with Crippen LogP contribution in [0.2, 0.25) is 0 Å². The van der Waals surface area contributed by atoms with Crippen LogP contribution in [0.5, 0.6) is 5.75 Å². The fourth-order valence-corrected chi connectivity index (χ4v) is 5.83. The molecule has 3 nitrogen and oxygen atoms in total. The van der Waals surface area contributed by atoms with Gasteiger partial charge in [0.2, 0.25) is 11.4 Å². The monoisotopic (exact) mass is 626 g/mol. The molecule has 1 atom stereocenters. The number of benzene rings is 5. The number of hydrogen-bond acceptors (Lipinski definition) is 1. The smallest absolute Gasteiger partial charge is 0.486 e. The molecular formula is C42H40F2N2O+2. The van der Waals surface area contributed by atoms with E-state index in [2.05, 4.69) is 33.3 Å². The van der Waals surface area contributed by atoms with E-state index in [9.17, 15) is 0 Å². The molecule has 0 radical (unpaired) electrons. The van der Waals surface area contributed by atoms with Crippen molar-refractivity contribution < 1.29 is 22.6 Å². The van der Waals surface area contributed by atoms with Crippen molar-refractivity contribution in [3.8, 4) is 39.4 Å². The maximum Gasteiger partial charge on any atom is 0.490 e. The zero-order valence-corrected chi connectivity index (χ0v) is 27.1. The number of quaternary nitrogens is 1. The highest BCUT2D eigenvalue weighted by atomic mass is 19.3. The first-order chi connectivity index (χ1) is 22.7. The molecule has 47 heavy (non-hydrogen) atoms. The molecule has 0 spiro atoms. The van der Waals surface area contributed by atoms with Gasteiger partial charge in [0, 0.05) is 29.7 Å². The molecule has 0 amide bonds. The fraction of sp³-hybridized carbons (Fsp3) is 0.167. The van der Waals surface area contributed by atoms with Gasteiger partial charge in [-0.15, -0.1) is 13.3 Å². The zero-order chi connectivity index (χ0) is 32.9. The summed E-state index contributed by atoms with van der Waals surface area (Å²) in [6.45, 7) is 0.899. The predicted octanol–water partition coefficient (Wildman–Crippen LogP) is 9.79. The molecule has 5 aromatic carbocycles. The lowest BCUT2D eigenvalue weighted by Gasteiger charge is -2.27. The Morgan fingerprint density at radius 2 is 1.02 bits per heavy atom. The topological polar surface area (TPSA) is 13.1 Å². The van der Waals surface area contributed by atoms with E-state index in [0.717, 1.165) is 34.1 Å². The molecule has 1 heterocycles. The zero-order valence-electron chi connectivity index (χ0n) is 27.1. The second kappa shape index (κ2) is 13.7. The molecule has 6 aromatic rings. The van der Waals surface area contributed by atoms with E-state index < -0.39 is 6.05 Å². The van der Waals surface area contributed by atoms with Gasteiger partial charge < -0.3 is 9.22 Å². The van der Waals surface area contributed by atoms with Crippen molar-refractivity contribution in [2.24, 2.45) is 0 Å². The molecule has 5 heteroatoms. The molecule has 236 valence electrons. The lowest BCUT2D eigenvalue weighted by Crippen LogP contribution is -2.54. The van der Waals surface area contributed by atoms with Gasteiger partial charge in [0.1, 0.15) is 11.9 Å². The minimum atomic E-state index is -3.40. The molecule has 0 fully saturated rings. The summed E-state index contributed by atoms with van der Waals surface area (Å²) in [6, 6.07) is 45.4. The summed E-state index contributed by atoms with van der Waals surface area (Å²) in [5.41, 5.74) is 4.98. The van der Waals surface area contributed by atoms with Gasteiger partial charge in [-0.05, 0) is 65.2 Å². The second-order valence-electron chi connectivity index (χ2n) is 12.8. The van der Waals surface area contributed by atoms with E-state index in [1.807, 2.05) is 121 Å². The lowest BCUT2D eigenvalue weighted by atomic mass is 9.98. The first-order valence-electron chi connectivity index (χ1n) is 16.0. The molecule has 1 unspecified atom stereocenters. The first-order valence-corrected chi connectivity index (χ1v) is 16.0. The largest absolute Gasteiger partial charge is 0.490 e.